The van der Waals surface area contributed by atoms with Crippen molar-refractivity contribution in [2.24, 2.45) is 0 Å². The Kier molecular flexibility index (Phi) is 3.51. The Morgan fingerprint density at radius 3 is 3.06 bits per heavy atom. The largest absolute Gasteiger partial charge is 0.338 e. The van der Waals surface area contributed by atoms with Gasteiger partial charge in [0.05, 0.1) is 5.41 Å². The molecule has 2 aromatic heterocycles. The first kappa shape index (κ1) is 12.5. The first-order valence-electron chi connectivity index (χ1n) is 5.35. The zero-order chi connectivity index (χ0) is 11.0. The molecule has 0 amide bonds. The van der Waals surface area contributed by atoms with E-state index >= 15 is 0 Å². The van der Waals surface area contributed by atoms with E-state index in [1.165, 1.54) is 0 Å². The molecule has 3 rings (SSSR count). The Balaban J connectivity index is 0.00000108. The van der Waals surface area contributed by atoms with Gasteiger partial charge in [-0.15, -0.1) is 12.4 Å². The highest BCUT2D eigenvalue weighted by Crippen LogP contribution is 2.30. The summed E-state index contributed by atoms with van der Waals surface area (Å²) in [6.07, 6.45) is 1.05. The second kappa shape index (κ2) is 4.76. The molecule has 1 atom stereocenters. The summed E-state index contributed by atoms with van der Waals surface area (Å²) >= 11 is 1.64. The minimum absolute atomic E-state index is 0. The standard InChI is InChI=1S/C11H13N3OS.ClH/c1-11(3-4-12-7-11)10-13-9(14-15-10)8-2-5-16-6-8;/h2,5-6,12H,3-4,7H2,1H3;1H. The van der Waals surface area contributed by atoms with Gasteiger partial charge in [0.1, 0.15) is 0 Å². The van der Waals surface area contributed by atoms with Crippen molar-refractivity contribution in [3.63, 3.8) is 0 Å². The van der Waals surface area contributed by atoms with Crippen molar-refractivity contribution < 1.29 is 4.52 Å². The predicted molar refractivity (Wildman–Crippen MR) is 69.7 cm³/mol. The molecule has 0 radical (unpaired) electrons. The fraction of sp³-hybridized carbons (Fsp3) is 0.455. The Morgan fingerprint density at radius 1 is 1.53 bits per heavy atom. The zero-order valence-electron chi connectivity index (χ0n) is 9.47. The number of rotatable bonds is 2. The van der Waals surface area contributed by atoms with Gasteiger partial charge in [0.2, 0.25) is 11.7 Å². The van der Waals surface area contributed by atoms with Gasteiger partial charge in [0.15, 0.2) is 0 Å². The molecule has 4 nitrogen and oxygen atoms in total. The van der Waals surface area contributed by atoms with Gasteiger partial charge in [-0.2, -0.15) is 16.3 Å². The highest BCUT2D eigenvalue weighted by molar-refractivity contribution is 7.08. The van der Waals surface area contributed by atoms with Gasteiger partial charge in [0.25, 0.3) is 0 Å². The summed E-state index contributed by atoms with van der Waals surface area (Å²) in [6, 6.07) is 2.01. The molecule has 1 aliphatic rings. The van der Waals surface area contributed by atoms with E-state index in [0.717, 1.165) is 31.0 Å². The fourth-order valence-electron chi connectivity index (χ4n) is 1.98. The summed E-state index contributed by atoms with van der Waals surface area (Å²) in [7, 11) is 0. The van der Waals surface area contributed by atoms with Gasteiger partial charge in [-0.05, 0) is 31.3 Å². The molecule has 0 spiro atoms. The lowest BCUT2D eigenvalue weighted by atomic mass is 9.90. The Bertz CT molecular complexity index is 477. The van der Waals surface area contributed by atoms with Crippen molar-refractivity contribution >= 4 is 23.7 Å². The third-order valence-corrected chi connectivity index (χ3v) is 3.77. The van der Waals surface area contributed by atoms with Crippen LogP contribution >= 0.6 is 23.7 Å². The Morgan fingerprint density at radius 2 is 2.41 bits per heavy atom. The minimum atomic E-state index is 0. The van der Waals surface area contributed by atoms with Crippen LogP contribution < -0.4 is 5.32 Å². The normalized spacial score (nSPS) is 23.6. The molecule has 92 valence electrons. The lowest BCUT2D eigenvalue weighted by Gasteiger charge is -2.15. The van der Waals surface area contributed by atoms with Crippen molar-refractivity contribution in [2.75, 3.05) is 13.1 Å². The average molecular weight is 272 g/mol. The molecule has 2 aromatic rings. The third kappa shape index (κ3) is 2.22. The quantitative estimate of drug-likeness (QED) is 0.912. The number of nitrogens with zero attached hydrogens (tertiary/aromatic N) is 2. The van der Waals surface area contributed by atoms with Gasteiger partial charge in [0, 0.05) is 17.5 Å². The number of hydrogen-bond acceptors (Lipinski definition) is 5. The van der Waals surface area contributed by atoms with Crippen LogP contribution in [0.1, 0.15) is 19.2 Å². The van der Waals surface area contributed by atoms with E-state index in [0.29, 0.717) is 5.82 Å². The fourth-order valence-corrected chi connectivity index (χ4v) is 2.61. The van der Waals surface area contributed by atoms with Crippen LogP contribution in [0.3, 0.4) is 0 Å². The monoisotopic (exact) mass is 271 g/mol. The highest BCUT2D eigenvalue weighted by atomic mass is 35.5. The van der Waals surface area contributed by atoms with Crippen LogP contribution in [0.5, 0.6) is 0 Å². The molecule has 1 unspecified atom stereocenters. The van der Waals surface area contributed by atoms with Crippen molar-refractivity contribution in [1.29, 1.82) is 0 Å². The summed E-state index contributed by atoms with van der Waals surface area (Å²) in [5, 5.41) is 11.4. The van der Waals surface area contributed by atoms with Gasteiger partial charge < -0.3 is 9.84 Å². The van der Waals surface area contributed by atoms with E-state index in [1.807, 2.05) is 16.8 Å². The van der Waals surface area contributed by atoms with E-state index < -0.39 is 0 Å². The van der Waals surface area contributed by atoms with E-state index in [-0.39, 0.29) is 17.8 Å². The van der Waals surface area contributed by atoms with Crippen molar-refractivity contribution in [1.82, 2.24) is 15.5 Å². The Labute approximate surface area is 110 Å². The molecule has 0 bridgehead atoms. The van der Waals surface area contributed by atoms with Gasteiger partial charge >= 0.3 is 0 Å². The number of hydrogen-bond donors (Lipinski definition) is 1. The maximum absolute atomic E-state index is 5.38. The van der Waals surface area contributed by atoms with Gasteiger partial charge in [-0.25, -0.2) is 0 Å². The smallest absolute Gasteiger partial charge is 0.234 e. The summed E-state index contributed by atoms with van der Waals surface area (Å²) in [5.41, 5.74) is 1.04. The zero-order valence-corrected chi connectivity index (χ0v) is 11.1. The highest BCUT2D eigenvalue weighted by Gasteiger charge is 2.36. The lowest BCUT2D eigenvalue weighted by Crippen LogP contribution is -2.25. The van der Waals surface area contributed by atoms with Crippen molar-refractivity contribution in [3.8, 4) is 11.4 Å². The first-order valence-corrected chi connectivity index (χ1v) is 6.30. The van der Waals surface area contributed by atoms with E-state index in [4.69, 9.17) is 4.52 Å². The summed E-state index contributed by atoms with van der Waals surface area (Å²) in [6.45, 7) is 4.10. The number of thiophene rings is 1. The van der Waals surface area contributed by atoms with E-state index in [9.17, 15) is 0 Å². The van der Waals surface area contributed by atoms with Crippen LogP contribution in [0.15, 0.2) is 21.3 Å². The summed E-state index contributed by atoms with van der Waals surface area (Å²) in [4.78, 5) is 4.50. The first-order chi connectivity index (χ1) is 7.78. The van der Waals surface area contributed by atoms with Crippen LogP contribution in [0.25, 0.3) is 11.4 Å². The Hall–Kier alpha value is -0.910. The van der Waals surface area contributed by atoms with Crippen molar-refractivity contribution in [2.45, 2.75) is 18.8 Å². The molecule has 0 aliphatic carbocycles. The molecule has 0 saturated carbocycles. The van der Waals surface area contributed by atoms with Gasteiger partial charge in [-0.1, -0.05) is 5.16 Å². The average Bonchev–Trinajstić information content (AvgIpc) is 2.98. The molecule has 3 heterocycles. The minimum Gasteiger partial charge on any atom is -0.338 e. The van der Waals surface area contributed by atoms with Crippen LogP contribution in [0, 0.1) is 0 Å². The molecule has 17 heavy (non-hydrogen) atoms. The summed E-state index contributed by atoms with van der Waals surface area (Å²) in [5.74, 6) is 1.45. The van der Waals surface area contributed by atoms with Crippen LogP contribution in [-0.2, 0) is 5.41 Å². The second-order valence-electron chi connectivity index (χ2n) is 4.42. The van der Waals surface area contributed by atoms with Crippen LogP contribution in [-0.4, -0.2) is 23.2 Å². The summed E-state index contributed by atoms with van der Waals surface area (Å²) < 4.78 is 5.38. The third-order valence-electron chi connectivity index (χ3n) is 3.09. The SMILES string of the molecule is CC1(c2nc(-c3ccsc3)no2)CCNC1.Cl. The molecule has 6 heteroatoms. The second-order valence-corrected chi connectivity index (χ2v) is 5.20. The molecule has 0 aromatic carbocycles. The molecule has 1 N–H and O–H groups in total. The topological polar surface area (TPSA) is 51.0 Å². The van der Waals surface area contributed by atoms with Crippen LogP contribution in [0.4, 0.5) is 0 Å². The lowest BCUT2D eigenvalue weighted by molar-refractivity contribution is 0.306. The molecule has 1 aliphatic heterocycles. The van der Waals surface area contributed by atoms with Crippen molar-refractivity contribution in [3.05, 3.63) is 22.7 Å². The van der Waals surface area contributed by atoms with E-state index in [2.05, 4.69) is 22.4 Å². The van der Waals surface area contributed by atoms with E-state index in [1.54, 1.807) is 11.3 Å². The molecular weight excluding hydrogens is 258 g/mol. The number of aromatic nitrogens is 2. The van der Waals surface area contributed by atoms with Crippen LogP contribution in [0.2, 0.25) is 0 Å². The number of nitrogens with one attached hydrogen (secondary N) is 1. The maximum atomic E-state index is 5.38. The maximum Gasteiger partial charge on any atom is 0.234 e. The molecule has 1 saturated heterocycles. The molecular formula is C11H14ClN3OS. The number of halogens is 1. The predicted octanol–water partition coefficient (Wildman–Crippen LogP) is 2.47. The molecule has 1 fully saturated rings. The van der Waals surface area contributed by atoms with Gasteiger partial charge in [-0.3, -0.25) is 0 Å².